The predicted molar refractivity (Wildman–Crippen MR) is 142 cm³/mol. The molecule has 4 aromatic rings. The second kappa shape index (κ2) is 9.70. The minimum absolute atomic E-state index is 0.0202. The van der Waals surface area contributed by atoms with Gasteiger partial charge in [0, 0.05) is 51.5 Å². The molecule has 2 saturated heterocycles. The van der Waals surface area contributed by atoms with Crippen molar-refractivity contribution in [3.05, 3.63) is 90.3 Å². The number of likely N-dealkylation sites (tertiary alicyclic amines) is 1. The average Bonchev–Trinajstić information content (AvgIpc) is 2.96. The molecule has 3 aromatic carbocycles. The van der Waals surface area contributed by atoms with Gasteiger partial charge in [-0.25, -0.2) is 0 Å². The standard InChI is InChI=1S/C30H30N4O2/c35-29(27-11-5-6-14-31-27)33-15-12-24(13-16-33)32-17-19-34(20-18-32)30(36)28-25-9-3-1-7-22(25)21-23-8-2-4-10-26(23)28/h1-11,14,21,24H,12-13,15-20H2. The molecule has 0 saturated carbocycles. The van der Waals surface area contributed by atoms with Gasteiger partial charge in [0.1, 0.15) is 5.69 Å². The Labute approximate surface area is 211 Å². The fourth-order valence-corrected chi connectivity index (χ4v) is 5.78. The smallest absolute Gasteiger partial charge is 0.272 e. The third-order valence-electron chi connectivity index (χ3n) is 7.74. The highest BCUT2D eigenvalue weighted by atomic mass is 16.2. The lowest BCUT2D eigenvalue weighted by Crippen LogP contribution is -2.54. The molecule has 0 unspecified atom stereocenters. The number of hydrogen-bond acceptors (Lipinski definition) is 4. The highest BCUT2D eigenvalue weighted by molar-refractivity contribution is 6.18. The molecular weight excluding hydrogens is 448 g/mol. The summed E-state index contributed by atoms with van der Waals surface area (Å²) in [6.45, 7) is 4.69. The predicted octanol–water partition coefficient (Wildman–Crippen LogP) is 4.45. The summed E-state index contributed by atoms with van der Waals surface area (Å²) in [5, 5.41) is 4.25. The number of pyridine rings is 1. The first-order valence-electron chi connectivity index (χ1n) is 12.8. The van der Waals surface area contributed by atoms with E-state index in [9.17, 15) is 9.59 Å². The zero-order chi connectivity index (χ0) is 24.5. The maximum Gasteiger partial charge on any atom is 0.272 e. The van der Waals surface area contributed by atoms with Crippen LogP contribution in [0.15, 0.2) is 79.0 Å². The largest absolute Gasteiger partial charge is 0.337 e. The van der Waals surface area contributed by atoms with E-state index in [0.717, 1.165) is 79.2 Å². The molecule has 2 aliphatic heterocycles. The molecule has 1 aromatic heterocycles. The highest BCUT2D eigenvalue weighted by Gasteiger charge is 2.31. The number of nitrogens with zero attached hydrogens (tertiary/aromatic N) is 4. The average molecular weight is 479 g/mol. The van der Waals surface area contributed by atoms with Crippen LogP contribution in [0.5, 0.6) is 0 Å². The van der Waals surface area contributed by atoms with E-state index in [0.29, 0.717) is 11.7 Å². The van der Waals surface area contributed by atoms with E-state index in [-0.39, 0.29) is 11.8 Å². The third kappa shape index (κ3) is 4.22. The van der Waals surface area contributed by atoms with Crippen LogP contribution in [0.3, 0.4) is 0 Å². The molecule has 2 aliphatic rings. The molecule has 0 bridgehead atoms. The van der Waals surface area contributed by atoms with Gasteiger partial charge in [-0.2, -0.15) is 0 Å². The first kappa shape index (κ1) is 22.7. The molecule has 6 rings (SSSR count). The van der Waals surface area contributed by atoms with Gasteiger partial charge in [-0.3, -0.25) is 19.5 Å². The Balaban J connectivity index is 1.12. The van der Waals surface area contributed by atoms with Crippen LogP contribution in [0.25, 0.3) is 21.5 Å². The van der Waals surface area contributed by atoms with Crippen molar-refractivity contribution in [1.29, 1.82) is 0 Å². The highest BCUT2D eigenvalue weighted by Crippen LogP contribution is 2.30. The van der Waals surface area contributed by atoms with E-state index in [4.69, 9.17) is 0 Å². The lowest BCUT2D eigenvalue weighted by atomic mass is 9.95. The summed E-state index contributed by atoms with van der Waals surface area (Å²) in [6.07, 6.45) is 3.59. The van der Waals surface area contributed by atoms with Gasteiger partial charge in [-0.15, -0.1) is 0 Å². The van der Waals surface area contributed by atoms with Crippen molar-refractivity contribution in [2.45, 2.75) is 18.9 Å². The molecule has 36 heavy (non-hydrogen) atoms. The molecule has 0 spiro atoms. The molecule has 182 valence electrons. The van der Waals surface area contributed by atoms with Crippen LogP contribution in [-0.4, -0.2) is 76.8 Å². The minimum atomic E-state index is 0.0202. The van der Waals surface area contributed by atoms with Crippen molar-refractivity contribution < 1.29 is 9.59 Å². The molecule has 2 fully saturated rings. The van der Waals surface area contributed by atoms with E-state index < -0.39 is 0 Å². The molecule has 3 heterocycles. The summed E-state index contributed by atoms with van der Waals surface area (Å²) in [4.78, 5) is 37.2. The van der Waals surface area contributed by atoms with Gasteiger partial charge in [0.15, 0.2) is 0 Å². The number of rotatable bonds is 3. The van der Waals surface area contributed by atoms with Crippen molar-refractivity contribution in [3.63, 3.8) is 0 Å². The van der Waals surface area contributed by atoms with Crippen LogP contribution < -0.4 is 0 Å². The van der Waals surface area contributed by atoms with Crippen molar-refractivity contribution in [2.75, 3.05) is 39.3 Å². The number of amides is 2. The molecule has 0 N–H and O–H groups in total. The van der Waals surface area contributed by atoms with Crippen LogP contribution in [0.2, 0.25) is 0 Å². The maximum absolute atomic E-state index is 13.8. The fourth-order valence-electron chi connectivity index (χ4n) is 5.78. The van der Waals surface area contributed by atoms with Gasteiger partial charge in [0.25, 0.3) is 11.8 Å². The summed E-state index contributed by atoms with van der Waals surface area (Å²) in [5.41, 5.74) is 1.34. The molecule has 0 radical (unpaired) electrons. The number of fused-ring (bicyclic) bond motifs is 2. The molecule has 0 aliphatic carbocycles. The summed E-state index contributed by atoms with van der Waals surface area (Å²) < 4.78 is 0. The van der Waals surface area contributed by atoms with Crippen LogP contribution in [-0.2, 0) is 0 Å². The Hall–Kier alpha value is -3.77. The number of carbonyl (C=O) groups is 2. The number of carbonyl (C=O) groups excluding carboxylic acids is 2. The van der Waals surface area contributed by atoms with Gasteiger partial charge in [0.2, 0.25) is 0 Å². The Morgan fingerprint density at radius 3 is 1.86 bits per heavy atom. The Bertz CT molecular complexity index is 1350. The second-order valence-corrected chi connectivity index (χ2v) is 9.76. The van der Waals surface area contributed by atoms with Gasteiger partial charge < -0.3 is 9.80 Å². The molecular formula is C30H30N4O2. The first-order valence-corrected chi connectivity index (χ1v) is 12.8. The normalized spacial score (nSPS) is 17.6. The zero-order valence-corrected chi connectivity index (χ0v) is 20.3. The van der Waals surface area contributed by atoms with Crippen LogP contribution >= 0.6 is 0 Å². The number of piperazine rings is 1. The lowest BCUT2D eigenvalue weighted by Gasteiger charge is -2.42. The van der Waals surface area contributed by atoms with Gasteiger partial charge in [0.05, 0.1) is 5.56 Å². The molecule has 0 atom stereocenters. The van der Waals surface area contributed by atoms with E-state index in [1.165, 1.54) is 0 Å². The fraction of sp³-hybridized carbons (Fsp3) is 0.300. The molecule has 6 nitrogen and oxygen atoms in total. The quantitative estimate of drug-likeness (QED) is 0.408. The Morgan fingerprint density at radius 2 is 1.25 bits per heavy atom. The van der Waals surface area contributed by atoms with Crippen molar-refractivity contribution >= 4 is 33.4 Å². The van der Waals surface area contributed by atoms with E-state index in [1.54, 1.807) is 12.3 Å². The van der Waals surface area contributed by atoms with Crippen LogP contribution in [0.4, 0.5) is 0 Å². The maximum atomic E-state index is 13.8. The summed E-state index contributed by atoms with van der Waals surface area (Å²) in [6, 6.07) is 24.5. The molecule has 2 amide bonds. The van der Waals surface area contributed by atoms with Crippen molar-refractivity contribution in [3.8, 4) is 0 Å². The first-order chi connectivity index (χ1) is 17.7. The van der Waals surface area contributed by atoms with Crippen LogP contribution in [0, 0.1) is 0 Å². The number of piperidine rings is 1. The van der Waals surface area contributed by atoms with Gasteiger partial charge in [-0.1, -0.05) is 54.6 Å². The van der Waals surface area contributed by atoms with Crippen LogP contribution in [0.1, 0.15) is 33.7 Å². The summed E-state index contributed by atoms with van der Waals surface area (Å²) in [5.74, 6) is 0.144. The second-order valence-electron chi connectivity index (χ2n) is 9.76. The lowest BCUT2D eigenvalue weighted by molar-refractivity contribution is 0.0412. The zero-order valence-electron chi connectivity index (χ0n) is 20.3. The number of hydrogen-bond donors (Lipinski definition) is 0. The van der Waals surface area contributed by atoms with E-state index in [1.807, 2.05) is 46.2 Å². The van der Waals surface area contributed by atoms with Crippen molar-refractivity contribution in [1.82, 2.24) is 19.7 Å². The number of benzene rings is 3. The monoisotopic (exact) mass is 478 g/mol. The van der Waals surface area contributed by atoms with Crippen molar-refractivity contribution in [2.24, 2.45) is 0 Å². The van der Waals surface area contributed by atoms with E-state index >= 15 is 0 Å². The van der Waals surface area contributed by atoms with E-state index in [2.05, 4.69) is 40.2 Å². The minimum Gasteiger partial charge on any atom is -0.337 e. The summed E-state index contributed by atoms with van der Waals surface area (Å²) in [7, 11) is 0. The van der Waals surface area contributed by atoms with Gasteiger partial charge >= 0.3 is 0 Å². The molecule has 6 heteroatoms. The third-order valence-corrected chi connectivity index (χ3v) is 7.74. The Morgan fingerprint density at radius 1 is 0.667 bits per heavy atom. The number of aromatic nitrogens is 1. The summed E-state index contributed by atoms with van der Waals surface area (Å²) >= 11 is 0. The Kier molecular flexibility index (Phi) is 6.11. The van der Waals surface area contributed by atoms with Gasteiger partial charge in [-0.05, 0) is 52.6 Å². The SMILES string of the molecule is O=C(c1ccccn1)N1CCC(N2CCN(C(=O)c3c4ccccc4cc4ccccc34)CC2)CC1. The topological polar surface area (TPSA) is 56.8 Å².